The van der Waals surface area contributed by atoms with Crippen LogP contribution in [0.15, 0.2) is 0 Å². The van der Waals surface area contributed by atoms with Crippen molar-refractivity contribution in [3.63, 3.8) is 0 Å². The van der Waals surface area contributed by atoms with Crippen LogP contribution in [0, 0.1) is 5.41 Å². The number of nitrogens with one attached hydrogen (secondary N) is 1. The summed E-state index contributed by atoms with van der Waals surface area (Å²) in [6, 6.07) is 0.655. The van der Waals surface area contributed by atoms with Gasteiger partial charge in [-0.25, -0.2) is 0 Å². The first kappa shape index (κ1) is 14.3. The molecule has 1 rings (SSSR count). The molecule has 1 saturated carbocycles. The van der Waals surface area contributed by atoms with Crippen LogP contribution in [0.1, 0.15) is 40.0 Å². The minimum absolute atomic E-state index is 0.382. The van der Waals surface area contributed by atoms with E-state index < -0.39 is 0 Å². The Bertz CT molecular complexity index is 206. The fraction of sp³-hybridized carbons (Fsp3) is 1.00. The van der Waals surface area contributed by atoms with Gasteiger partial charge in [0.1, 0.15) is 0 Å². The van der Waals surface area contributed by atoms with Crippen molar-refractivity contribution >= 4 is 11.8 Å². The quantitative estimate of drug-likeness (QED) is 0.745. The Kier molecular flexibility index (Phi) is 5.62. The van der Waals surface area contributed by atoms with Gasteiger partial charge in [0, 0.05) is 30.4 Å². The summed E-state index contributed by atoms with van der Waals surface area (Å²) in [6.45, 7) is 7.98. The molecule has 96 valence electrons. The Morgan fingerprint density at radius 3 is 2.50 bits per heavy atom. The maximum absolute atomic E-state index is 5.60. The summed E-state index contributed by atoms with van der Waals surface area (Å²) in [7, 11) is 1.85. The van der Waals surface area contributed by atoms with Gasteiger partial charge in [0.25, 0.3) is 0 Å². The van der Waals surface area contributed by atoms with E-state index in [1.165, 1.54) is 19.3 Å². The average molecular weight is 245 g/mol. The van der Waals surface area contributed by atoms with Crippen LogP contribution < -0.4 is 5.32 Å². The van der Waals surface area contributed by atoms with E-state index in [-0.39, 0.29) is 0 Å². The maximum Gasteiger partial charge on any atom is 0.0657 e. The number of thioether (sulfide) groups is 1. The summed E-state index contributed by atoms with van der Waals surface area (Å²) < 4.78 is 5.60. The predicted molar refractivity (Wildman–Crippen MR) is 73.2 cm³/mol. The molecule has 0 amide bonds. The van der Waals surface area contributed by atoms with Crippen LogP contribution in [0.3, 0.4) is 0 Å². The lowest BCUT2D eigenvalue weighted by atomic mass is 9.58. The van der Waals surface area contributed by atoms with Gasteiger partial charge in [-0.15, -0.1) is 0 Å². The molecule has 0 aromatic heterocycles. The molecule has 0 aromatic rings. The van der Waals surface area contributed by atoms with Gasteiger partial charge in [-0.05, 0) is 25.5 Å². The highest BCUT2D eigenvalue weighted by atomic mass is 32.2. The van der Waals surface area contributed by atoms with Gasteiger partial charge in [0.2, 0.25) is 0 Å². The molecule has 0 bridgehead atoms. The zero-order valence-corrected chi connectivity index (χ0v) is 12.2. The third-order valence-electron chi connectivity index (χ3n) is 4.44. The zero-order valence-electron chi connectivity index (χ0n) is 11.4. The molecule has 1 aliphatic rings. The molecule has 1 N–H and O–H groups in total. The van der Waals surface area contributed by atoms with Gasteiger partial charge in [0.15, 0.2) is 0 Å². The Hall–Kier alpha value is 0.270. The summed E-state index contributed by atoms with van der Waals surface area (Å²) in [6.07, 6.45) is 6.25. The largest absolute Gasteiger partial charge is 0.381 e. The molecular formula is C13H27NOS. The van der Waals surface area contributed by atoms with Crippen LogP contribution in [-0.4, -0.2) is 37.3 Å². The monoisotopic (exact) mass is 245 g/mol. The van der Waals surface area contributed by atoms with Crippen molar-refractivity contribution < 1.29 is 4.74 Å². The lowest BCUT2D eigenvalue weighted by Gasteiger charge is -2.55. The van der Waals surface area contributed by atoms with Crippen molar-refractivity contribution in [2.24, 2.45) is 5.41 Å². The summed E-state index contributed by atoms with van der Waals surface area (Å²) >= 11 is 1.93. The first-order valence-electron chi connectivity index (χ1n) is 6.43. The van der Waals surface area contributed by atoms with Crippen LogP contribution in [0.25, 0.3) is 0 Å². The van der Waals surface area contributed by atoms with Crippen molar-refractivity contribution in [1.29, 1.82) is 0 Å². The lowest BCUT2D eigenvalue weighted by Crippen LogP contribution is -2.63. The number of hydrogen-bond acceptors (Lipinski definition) is 3. The number of ether oxygens (including phenoxy) is 1. The predicted octanol–water partition coefficient (Wildman–Crippen LogP) is 2.92. The summed E-state index contributed by atoms with van der Waals surface area (Å²) in [5.74, 6) is 0. The normalized spacial score (nSPS) is 29.8. The standard InChI is InChI=1S/C13H27NOS/c1-6-13(7-2)11(8-12(13)15-4)14-9-10(3)16-5/h10-12,14H,6-9H2,1-5H3. The second kappa shape index (κ2) is 6.27. The van der Waals surface area contributed by atoms with E-state index in [2.05, 4.69) is 32.3 Å². The van der Waals surface area contributed by atoms with E-state index in [4.69, 9.17) is 4.74 Å². The molecule has 0 heterocycles. The first-order valence-corrected chi connectivity index (χ1v) is 7.72. The lowest BCUT2D eigenvalue weighted by molar-refractivity contribution is -0.123. The molecular weight excluding hydrogens is 218 g/mol. The van der Waals surface area contributed by atoms with Gasteiger partial charge >= 0.3 is 0 Å². The molecule has 0 aliphatic heterocycles. The Morgan fingerprint density at radius 2 is 2.06 bits per heavy atom. The van der Waals surface area contributed by atoms with Gasteiger partial charge < -0.3 is 10.1 Å². The second-order valence-corrected chi connectivity index (χ2v) is 6.18. The van der Waals surface area contributed by atoms with Crippen molar-refractivity contribution in [2.45, 2.75) is 57.4 Å². The Morgan fingerprint density at radius 1 is 1.44 bits per heavy atom. The number of rotatable bonds is 7. The summed E-state index contributed by atoms with van der Waals surface area (Å²) in [4.78, 5) is 0. The van der Waals surface area contributed by atoms with Crippen LogP contribution >= 0.6 is 11.8 Å². The molecule has 3 atom stereocenters. The van der Waals surface area contributed by atoms with Crippen LogP contribution in [0.4, 0.5) is 0 Å². The van der Waals surface area contributed by atoms with E-state index >= 15 is 0 Å². The number of methoxy groups -OCH3 is 1. The van der Waals surface area contributed by atoms with E-state index in [0.717, 1.165) is 6.54 Å². The second-order valence-electron chi connectivity index (χ2n) is 4.91. The molecule has 0 saturated heterocycles. The van der Waals surface area contributed by atoms with E-state index in [0.29, 0.717) is 22.8 Å². The molecule has 3 heteroatoms. The summed E-state index contributed by atoms with van der Waals surface area (Å²) in [5.41, 5.74) is 0.382. The SMILES string of the molecule is CCC1(CC)C(NCC(C)SC)CC1OC. The number of hydrogen-bond donors (Lipinski definition) is 1. The van der Waals surface area contributed by atoms with Crippen LogP contribution in [0.2, 0.25) is 0 Å². The van der Waals surface area contributed by atoms with Gasteiger partial charge in [-0.3, -0.25) is 0 Å². The fourth-order valence-corrected chi connectivity index (χ4v) is 3.22. The third kappa shape index (κ3) is 2.57. The third-order valence-corrected chi connectivity index (χ3v) is 5.41. The van der Waals surface area contributed by atoms with Crippen LogP contribution in [-0.2, 0) is 4.74 Å². The molecule has 2 nitrogen and oxygen atoms in total. The maximum atomic E-state index is 5.60. The van der Waals surface area contributed by atoms with Crippen molar-refractivity contribution in [3.8, 4) is 0 Å². The van der Waals surface area contributed by atoms with Crippen molar-refractivity contribution in [2.75, 3.05) is 19.9 Å². The smallest absolute Gasteiger partial charge is 0.0657 e. The first-order chi connectivity index (χ1) is 7.64. The molecule has 0 spiro atoms. The summed E-state index contributed by atoms with van der Waals surface area (Å²) in [5, 5.41) is 4.43. The minimum atomic E-state index is 0.382. The molecule has 1 fully saturated rings. The molecule has 0 aromatic carbocycles. The molecule has 1 aliphatic carbocycles. The van der Waals surface area contributed by atoms with Gasteiger partial charge in [-0.1, -0.05) is 20.8 Å². The van der Waals surface area contributed by atoms with Crippen molar-refractivity contribution in [3.05, 3.63) is 0 Å². The minimum Gasteiger partial charge on any atom is -0.381 e. The van der Waals surface area contributed by atoms with Crippen LogP contribution in [0.5, 0.6) is 0 Å². The highest BCUT2D eigenvalue weighted by Gasteiger charge is 2.52. The van der Waals surface area contributed by atoms with Crippen molar-refractivity contribution in [1.82, 2.24) is 5.32 Å². The van der Waals surface area contributed by atoms with Gasteiger partial charge in [-0.2, -0.15) is 11.8 Å². The van der Waals surface area contributed by atoms with E-state index in [1.807, 2.05) is 18.9 Å². The topological polar surface area (TPSA) is 21.3 Å². The van der Waals surface area contributed by atoms with E-state index in [9.17, 15) is 0 Å². The molecule has 16 heavy (non-hydrogen) atoms. The zero-order chi connectivity index (χ0) is 12.2. The van der Waals surface area contributed by atoms with E-state index in [1.54, 1.807) is 0 Å². The Balaban J connectivity index is 2.49. The van der Waals surface area contributed by atoms with Gasteiger partial charge in [0.05, 0.1) is 6.10 Å². The Labute approximate surface area is 105 Å². The molecule has 3 unspecified atom stereocenters. The average Bonchev–Trinajstić information content (AvgIpc) is 2.29. The molecule has 0 radical (unpaired) electrons. The fourth-order valence-electron chi connectivity index (χ4n) is 2.95. The highest BCUT2D eigenvalue weighted by molar-refractivity contribution is 7.99. The highest BCUT2D eigenvalue weighted by Crippen LogP contribution is 2.48.